The summed E-state index contributed by atoms with van der Waals surface area (Å²) in [6, 6.07) is 4.25. The Morgan fingerprint density at radius 2 is 1.72 bits per heavy atom. The molecule has 1 aliphatic rings. The van der Waals surface area contributed by atoms with Gasteiger partial charge in [-0.1, -0.05) is 26.7 Å². The van der Waals surface area contributed by atoms with Crippen LogP contribution in [0.1, 0.15) is 39.5 Å². The van der Waals surface area contributed by atoms with Crippen molar-refractivity contribution in [3.8, 4) is 5.75 Å². The molecular weight excluding hydrogens is 224 g/mol. The monoisotopic (exact) mass is 248 g/mol. The number of hydrogen-bond donors (Lipinski definition) is 1. The fraction of sp³-hybridized carbons (Fsp3) is 0.600. The third-order valence-corrected chi connectivity index (χ3v) is 3.46. The molecule has 0 spiro atoms. The summed E-state index contributed by atoms with van der Waals surface area (Å²) < 4.78 is 5.31. The van der Waals surface area contributed by atoms with Crippen molar-refractivity contribution in [3.05, 3.63) is 12.1 Å². The first-order valence-electron chi connectivity index (χ1n) is 7.04. The highest BCUT2D eigenvalue weighted by atomic mass is 16.5. The van der Waals surface area contributed by atoms with E-state index in [4.69, 9.17) is 4.74 Å². The van der Waals surface area contributed by atoms with Crippen molar-refractivity contribution in [2.24, 2.45) is 0 Å². The third kappa shape index (κ3) is 2.71. The molecule has 0 bridgehead atoms. The van der Waals surface area contributed by atoms with Gasteiger partial charge in [-0.2, -0.15) is 0 Å². The molecule has 0 amide bonds. The second-order valence-electron chi connectivity index (χ2n) is 4.86. The smallest absolute Gasteiger partial charge is 0.144 e. The average molecular weight is 248 g/mol. The fourth-order valence-corrected chi connectivity index (χ4v) is 2.28. The zero-order valence-electron chi connectivity index (χ0n) is 11.8. The number of rotatable bonds is 8. The van der Waals surface area contributed by atoms with E-state index in [-0.39, 0.29) is 0 Å². The zero-order valence-corrected chi connectivity index (χ0v) is 11.8. The largest absolute Gasteiger partial charge is 0.494 e. The molecule has 0 aliphatic carbocycles. The summed E-state index contributed by atoms with van der Waals surface area (Å²) in [6.45, 7) is 6.79. The Hall–Kier alpha value is -1.38. The number of unbranched alkanes of at least 4 members (excludes halogenated alkanes) is 2. The summed E-state index contributed by atoms with van der Waals surface area (Å²) >= 11 is 0. The van der Waals surface area contributed by atoms with Gasteiger partial charge in [0.25, 0.3) is 0 Å². The third-order valence-electron chi connectivity index (χ3n) is 3.46. The van der Waals surface area contributed by atoms with E-state index in [1.807, 2.05) is 0 Å². The molecule has 1 heterocycles. The normalized spacial score (nSPS) is 11.7. The number of nitrogens with one attached hydrogen (secondary N) is 1. The highest BCUT2D eigenvalue weighted by molar-refractivity contribution is 6.03. The first-order valence-corrected chi connectivity index (χ1v) is 7.04. The van der Waals surface area contributed by atoms with Crippen molar-refractivity contribution in [1.82, 2.24) is 0 Å². The van der Waals surface area contributed by atoms with Gasteiger partial charge in [0.15, 0.2) is 0 Å². The van der Waals surface area contributed by atoms with Gasteiger partial charge in [-0.05, 0) is 25.0 Å². The molecule has 2 rings (SSSR count). The van der Waals surface area contributed by atoms with Crippen LogP contribution in [0, 0.1) is 0 Å². The Kier molecular flexibility index (Phi) is 4.34. The molecule has 0 radical (unpaired) electrons. The van der Waals surface area contributed by atoms with E-state index in [0.717, 1.165) is 18.8 Å². The van der Waals surface area contributed by atoms with Crippen LogP contribution >= 0.6 is 0 Å². The zero-order chi connectivity index (χ0) is 13.0. The number of hydrogen-bond acceptors (Lipinski definition) is 3. The maximum absolute atomic E-state index is 5.31. The molecule has 0 saturated carbocycles. The van der Waals surface area contributed by atoms with Gasteiger partial charge < -0.3 is 15.0 Å². The lowest BCUT2D eigenvalue weighted by atomic mass is 10.2. The standard InChI is InChI=1S/C15H24N2O/c1-4-6-10-17(11-7-5-2)12-8-9-13(18-3)15-14(12)16-15/h8-9,16H,4-7,10-11H2,1-3H3. The van der Waals surface area contributed by atoms with Gasteiger partial charge in [0, 0.05) is 13.1 Å². The Bertz CT molecular complexity index is 396. The molecule has 18 heavy (non-hydrogen) atoms. The van der Waals surface area contributed by atoms with Crippen LogP contribution in [0.4, 0.5) is 17.1 Å². The SMILES string of the molecule is CCCCN(CCCC)c1ccc(OC)c2c1N2. The first-order chi connectivity index (χ1) is 8.81. The van der Waals surface area contributed by atoms with Gasteiger partial charge in [0.2, 0.25) is 0 Å². The van der Waals surface area contributed by atoms with Crippen LogP contribution in [-0.2, 0) is 0 Å². The number of methoxy groups -OCH3 is 1. The van der Waals surface area contributed by atoms with Gasteiger partial charge in [0.05, 0.1) is 18.5 Å². The van der Waals surface area contributed by atoms with Gasteiger partial charge in [-0.25, -0.2) is 0 Å². The second-order valence-corrected chi connectivity index (χ2v) is 4.86. The average Bonchev–Trinajstić information content (AvgIpc) is 3.18. The van der Waals surface area contributed by atoms with Gasteiger partial charge in [-0.3, -0.25) is 0 Å². The molecule has 1 aromatic carbocycles. The Labute approximate surface area is 110 Å². The summed E-state index contributed by atoms with van der Waals surface area (Å²) in [4.78, 5) is 2.51. The number of nitrogens with zero attached hydrogens (tertiary/aromatic N) is 1. The van der Waals surface area contributed by atoms with Crippen molar-refractivity contribution in [1.29, 1.82) is 0 Å². The van der Waals surface area contributed by atoms with E-state index < -0.39 is 0 Å². The number of ether oxygens (including phenoxy) is 1. The highest BCUT2D eigenvalue weighted by Crippen LogP contribution is 2.52. The topological polar surface area (TPSA) is 34.4 Å². The molecule has 100 valence electrons. The van der Waals surface area contributed by atoms with Crippen LogP contribution in [0.2, 0.25) is 0 Å². The Morgan fingerprint density at radius 1 is 1.06 bits per heavy atom. The summed E-state index contributed by atoms with van der Waals surface area (Å²) in [6.07, 6.45) is 5.00. The molecule has 0 saturated heterocycles. The maximum Gasteiger partial charge on any atom is 0.144 e. The molecular formula is C15H24N2O. The molecule has 0 unspecified atom stereocenters. The molecule has 0 fully saturated rings. The summed E-state index contributed by atoms with van der Waals surface area (Å²) in [5.41, 5.74) is 3.78. The lowest BCUT2D eigenvalue weighted by Crippen LogP contribution is -2.25. The van der Waals surface area contributed by atoms with Crippen LogP contribution in [0.3, 0.4) is 0 Å². The van der Waals surface area contributed by atoms with E-state index in [0.29, 0.717) is 0 Å². The van der Waals surface area contributed by atoms with E-state index in [1.165, 1.54) is 42.7 Å². The summed E-state index contributed by atoms with van der Waals surface area (Å²) in [7, 11) is 1.72. The lowest BCUT2D eigenvalue weighted by molar-refractivity contribution is 0.418. The lowest BCUT2D eigenvalue weighted by Gasteiger charge is -2.24. The van der Waals surface area contributed by atoms with Crippen LogP contribution in [-0.4, -0.2) is 20.2 Å². The maximum atomic E-state index is 5.31. The van der Waals surface area contributed by atoms with E-state index >= 15 is 0 Å². The van der Waals surface area contributed by atoms with E-state index in [9.17, 15) is 0 Å². The second kappa shape index (κ2) is 5.98. The van der Waals surface area contributed by atoms with Crippen molar-refractivity contribution in [2.45, 2.75) is 39.5 Å². The molecule has 0 atom stereocenters. The number of benzene rings is 1. The fourth-order valence-electron chi connectivity index (χ4n) is 2.28. The minimum Gasteiger partial charge on any atom is -0.494 e. The van der Waals surface area contributed by atoms with Crippen molar-refractivity contribution in [2.75, 3.05) is 30.4 Å². The van der Waals surface area contributed by atoms with Gasteiger partial charge >= 0.3 is 0 Å². The van der Waals surface area contributed by atoms with Gasteiger partial charge in [0.1, 0.15) is 11.4 Å². The molecule has 3 nitrogen and oxygen atoms in total. The highest BCUT2D eigenvalue weighted by Gasteiger charge is 2.27. The minimum absolute atomic E-state index is 0.958. The van der Waals surface area contributed by atoms with Crippen LogP contribution in [0.5, 0.6) is 5.75 Å². The van der Waals surface area contributed by atoms with E-state index in [1.54, 1.807) is 7.11 Å². The Morgan fingerprint density at radius 3 is 2.28 bits per heavy atom. The predicted molar refractivity (Wildman–Crippen MR) is 78.3 cm³/mol. The number of anilines is 3. The minimum atomic E-state index is 0.958. The Balaban J connectivity index is 2.10. The van der Waals surface area contributed by atoms with Crippen molar-refractivity contribution < 1.29 is 4.74 Å². The molecule has 1 N–H and O–H groups in total. The summed E-state index contributed by atoms with van der Waals surface area (Å²) in [5, 5.41) is 3.35. The van der Waals surface area contributed by atoms with Crippen LogP contribution in [0.15, 0.2) is 12.1 Å². The van der Waals surface area contributed by atoms with Gasteiger partial charge in [-0.15, -0.1) is 0 Å². The molecule has 3 heteroatoms. The molecule has 1 aromatic rings. The van der Waals surface area contributed by atoms with Crippen LogP contribution in [0.25, 0.3) is 0 Å². The molecule has 0 aromatic heterocycles. The predicted octanol–water partition coefficient (Wildman–Crippen LogP) is 4.16. The molecule has 1 aliphatic heterocycles. The van der Waals surface area contributed by atoms with Crippen molar-refractivity contribution >= 4 is 17.1 Å². The van der Waals surface area contributed by atoms with E-state index in [2.05, 4.69) is 36.2 Å². The first kappa shape index (κ1) is 13.1. The van der Waals surface area contributed by atoms with Crippen LogP contribution < -0.4 is 15.0 Å². The van der Waals surface area contributed by atoms with Crippen molar-refractivity contribution in [3.63, 3.8) is 0 Å². The summed E-state index contributed by atoms with van der Waals surface area (Å²) in [5.74, 6) is 0.958. The quantitative estimate of drug-likeness (QED) is 0.712. The number of fused-ring (bicyclic) bond motifs is 1.